The molecular weight excluding hydrogens is 372 g/mol. The first-order valence-electron chi connectivity index (χ1n) is 7.69. The van der Waals surface area contributed by atoms with E-state index in [1.165, 1.54) is 11.5 Å². The van der Waals surface area contributed by atoms with E-state index in [0.717, 1.165) is 33.3 Å². The molecule has 4 aromatic heterocycles. The average molecular weight is 383 g/mol. The molecule has 1 aromatic carbocycles. The fourth-order valence-electron chi connectivity index (χ4n) is 2.79. The third kappa shape index (κ3) is 2.32. The maximum Gasteiger partial charge on any atom is 0.207 e. The van der Waals surface area contributed by atoms with Gasteiger partial charge in [0, 0.05) is 30.2 Å². The fraction of sp³-hybridized carbons (Fsp3) is 0.0625. The average Bonchev–Trinajstić information content (AvgIpc) is 3.38. The Morgan fingerprint density at radius 3 is 3.08 bits per heavy atom. The van der Waals surface area contributed by atoms with Gasteiger partial charge in [0.25, 0.3) is 0 Å². The number of halogens is 1. The van der Waals surface area contributed by atoms with Crippen molar-refractivity contribution in [1.82, 2.24) is 34.1 Å². The molecule has 8 nitrogen and oxygen atoms in total. The Balaban J connectivity index is 1.52. The number of fused-ring (bicyclic) bond motifs is 2. The molecule has 4 heterocycles. The Hall–Kier alpha value is -3.04. The molecule has 0 atom stereocenters. The predicted molar refractivity (Wildman–Crippen MR) is 102 cm³/mol. The summed E-state index contributed by atoms with van der Waals surface area (Å²) in [5, 5.41) is 12.2. The Morgan fingerprint density at radius 1 is 1.23 bits per heavy atom. The molecule has 5 aromatic rings. The largest absolute Gasteiger partial charge is 0.329 e. The molecule has 0 unspecified atom stereocenters. The number of anilines is 2. The van der Waals surface area contributed by atoms with Crippen LogP contribution in [0.5, 0.6) is 0 Å². The molecule has 5 rings (SSSR count). The first-order valence-corrected chi connectivity index (χ1v) is 8.84. The number of aromatic amines is 1. The van der Waals surface area contributed by atoms with Gasteiger partial charge in [-0.25, -0.2) is 9.97 Å². The highest BCUT2D eigenvalue weighted by Crippen LogP contribution is 2.33. The minimum absolute atomic E-state index is 0.587. The number of H-pyrrole nitrogens is 1. The topological polar surface area (TPSA) is 97.2 Å². The van der Waals surface area contributed by atoms with Gasteiger partial charge in [0.2, 0.25) is 5.13 Å². The van der Waals surface area contributed by atoms with Gasteiger partial charge in [-0.2, -0.15) is 14.5 Å². The molecule has 26 heavy (non-hydrogen) atoms. The van der Waals surface area contributed by atoms with Crippen molar-refractivity contribution in [2.45, 2.75) is 0 Å². The number of aromatic nitrogens is 7. The monoisotopic (exact) mass is 382 g/mol. The van der Waals surface area contributed by atoms with Crippen LogP contribution in [-0.4, -0.2) is 34.1 Å². The van der Waals surface area contributed by atoms with Crippen molar-refractivity contribution in [3.05, 3.63) is 41.9 Å². The summed E-state index contributed by atoms with van der Waals surface area (Å²) in [7, 11) is 1.90. The van der Waals surface area contributed by atoms with Gasteiger partial charge < -0.3 is 9.88 Å². The Bertz CT molecular complexity index is 1250. The summed E-state index contributed by atoms with van der Waals surface area (Å²) in [5.41, 5.74) is 4.04. The second-order valence-electron chi connectivity index (χ2n) is 5.69. The van der Waals surface area contributed by atoms with E-state index in [1.54, 1.807) is 18.7 Å². The molecule has 0 amide bonds. The molecule has 0 aliphatic heterocycles. The fourth-order valence-corrected chi connectivity index (χ4v) is 3.64. The first kappa shape index (κ1) is 15.2. The number of aryl methyl sites for hydroxylation is 1. The van der Waals surface area contributed by atoms with Crippen LogP contribution in [0.2, 0.25) is 5.02 Å². The molecule has 0 aliphatic rings. The third-order valence-corrected chi connectivity index (χ3v) is 5.10. The summed E-state index contributed by atoms with van der Waals surface area (Å²) in [5.74, 6) is 0.601. The number of rotatable bonds is 3. The van der Waals surface area contributed by atoms with Crippen LogP contribution in [0.15, 0.2) is 36.9 Å². The standard InChI is InChI=1S/C16H11ClN8S/c1-25-7-19-13-8(4-5-18-15(13)25)14-22-16(26-24-14)21-11-3-2-10-9(12(11)17)6-20-23-10/h2-7H,1H3,(H,20,23)(H,21,22,24). The summed E-state index contributed by atoms with van der Waals surface area (Å²) >= 11 is 7.71. The summed E-state index contributed by atoms with van der Waals surface area (Å²) in [6.07, 6.45) is 5.16. The highest BCUT2D eigenvalue weighted by atomic mass is 35.5. The van der Waals surface area contributed by atoms with E-state index in [9.17, 15) is 0 Å². The minimum atomic E-state index is 0.587. The van der Waals surface area contributed by atoms with Crippen LogP contribution < -0.4 is 5.32 Å². The zero-order chi connectivity index (χ0) is 17.7. The van der Waals surface area contributed by atoms with E-state index in [4.69, 9.17) is 11.6 Å². The van der Waals surface area contributed by atoms with Crippen LogP contribution in [0, 0.1) is 0 Å². The van der Waals surface area contributed by atoms with Crippen LogP contribution >= 0.6 is 23.1 Å². The van der Waals surface area contributed by atoms with Gasteiger partial charge in [0.05, 0.1) is 34.3 Å². The van der Waals surface area contributed by atoms with E-state index >= 15 is 0 Å². The Morgan fingerprint density at radius 2 is 2.15 bits per heavy atom. The van der Waals surface area contributed by atoms with E-state index in [0.29, 0.717) is 16.0 Å². The molecule has 0 saturated carbocycles. The number of imidazole rings is 1. The quantitative estimate of drug-likeness (QED) is 0.493. The van der Waals surface area contributed by atoms with Crippen LogP contribution in [0.25, 0.3) is 33.5 Å². The Labute approximate surface area is 156 Å². The maximum absolute atomic E-state index is 6.45. The second-order valence-corrected chi connectivity index (χ2v) is 6.82. The van der Waals surface area contributed by atoms with Crippen LogP contribution in [0.1, 0.15) is 0 Å². The summed E-state index contributed by atoms with van der Waals surface area (Å²) in [6.45, 7) is 0. The lowest BCUT2D eigenvalue weighted by Crippen LogP contribution is -1.92. The van der Waals surface area contributed by atoms with Crippen LogP contribution in [0.4, 0.5) is 10.8 Å². The van der Waals surface area contributed by atoms with Gasteiger partial charge in [-0.3, -0.25) is 5.10 Å². The normalized spacial score (nSPS) is 11.5. The van der Waals surface area contributed by atoms with Gasteiger partial charge in [0.15, 0.2) is 11.5 Å². The zero-order valence-electron chi connectivity index (χ0n) is 13.4. The van der Waals surface area contributed by atoms with Crippen molar-refractivity contribution >= 4 is 56.0 Å². The van der Waals surface area contributed by atoms with E-state index in [2.05, 4.69) is 34.8 Å². The van der Waals surface area contributed by atoms with E-state index < -0.39 is 0 Å². The molecule has 2 N–H and O–H groups in total. The molecule has 0 saturated heterocycles. The molecule has 128 valence electrons. The SMILES string of the molecule is Cn1cnc2c(-c3nsc(Nc4ccc5[nH]ncc5c4Cl)n3)ccnc21. The highest BCUT2D eigenvalue weighted by Gasteiger charge is 2.15. The van der Waals surface area contributed by atoms with Crippen LogP contribution in [0.3, 0.4) is 0 Å². The van der Waals surface area contributed by atoms with E-state index in [-0.39, 0.29) is 0 Å². The number of nitrogens with zero attached hydrogens (tertiary/aromatic N) is 6. The van der Waals surface area contributed by atoms with Gasteiger partial charge >= 0.3 is 0 Å². The zero-order valence-corrected chi connectivity index (χ0v) is 15.0. The van der Waals surface area contributed by atoms with Gasteiger partial charge in [-0.15, -0.1) is 0 Å². The number of pyridine rings is 1. The predicted octanol–water partition coefficient (Wildman–Crippen LogP) is 3.76. The van der Waals surface area contributed by atoms with Crippen molar-refractivity contribution < 1.29 is 0 Å². The number of nitrogens with one attached hydrogen (secondary N) is 2. The maximum atomic E-state index is 6.45. The Kier molecular flexibility index (Phi) is 3.37. The van der Waals surface area contributed by atoms with Crippen molar-refractivity contribution in [3.63, 3.8) is 0 Å². The summed E-state index contributed by atoms with van der Waals surface area (Å²) in [6, 6.07) is 5.66. The van der Waals surface area contributed by atoms with Gasteiger partial charge in [-0.1, -0.05) is 11.6 Å². The van der Waals surface area contributed by atoms with Gasteiger partial charge in [-0.05, 0) is 18.2 Å². The third-order valence-electron chi connectivity index (χ3n) is 4.07. The highest BCUT2D eigenvalue weighted by molar-refractivity contribution is 7.10. The molecular formula is C16H11ClN8S. The smallest absolute Gasteiger partial charge is 0.207 e. The molecule has 0 radical (unpaired) electrons. The molecule has 0 bridgehead atoms. The van der Waals surface area contributed by atoms with Crippen molar-refractivity contribution in [1.29, 1.82) is 0 Å². The van der Waals surface area contributed by atoms with E-state index in [1.807, 2.05) is 29.8 Å². The minimum Gasteiger partial charge on any atom is -0.329 e. The lowest BCUT2D eigenvalue weighted by molar-refractivity contribution is 0.931. The lowest BCUT2D eigenvalue weighted by atomic mass is 10.2. The van der Waals surface area contributed by atoms with Crippen LogP contribution in [-0.2, 0) is 7.05 Å². The van der Waals surface area contributed by atoms with Gasteiger partial charge in [0.1, 0.15) is 5.52 Å². The number of hydrogen-bond donors (Lipinski definition) is 2. The molecule has 0 aliphatic carbocycles. The second kappa shape index (κ2) is 5.75. The summed E-state index contributed by atoms with van der Waals surface area (Å²) < 4.78 is 6.32. The first-order chi connectivity index (χ1) is 12.7. The van der Waals surface area contributed by atoms with Crippen molar-refractivity contribution in [2.75, 3.05) is 5.32 Å². The lowest BCUT2D eigenvalue weighted by Gasteiger charge is -2.05. The molecule has 10 heteroatoms. The molecule has 0 fully saturated rings. The number of hydrogen-bond acceptors (Lipinski definition) is 7. The van der Waals surface area contributed by atoms with Crippen molar-refractivity contribution in [2.24, 2.45) is 7.05 Å². The number of benzene rings is 1. The van der Waals surface area contributed by atoms with Crippen molar-refractivity contribution in [3.8, 4) is 11.4 Å². The summed E-state index contributed by atoms with van der Waals surface area (Å²) in [4.78, 5) is 13.3. The molecule has 0 spiro atoms.